The van der Waals surface area contributed by atoms with Crippen LogP contribution in [0.25, 0.3) is 10.9 Å². The average molecular weight is 306 g/mol. The molecule has 0 bridgehead atoms. The van der Waals surface area contributed by atoms with Crippen molar-refractivity contribution >= 4 is 26.7 Å². The van der Waals surface area contributed by atoms with Gasteiger partial charge in [0.1, 0.15) is 5.82 Å². The second-order valence-corrected chi connectivity index (χ2v) is 7.29. The minimum Gasteiger partial charge on any atom is -0.377 e. The molecule has 1 aromatic heterocycles. The highest BCUT2D eigenvalue weighted by Gasteiger charge is 2.27. The maximum absolute atomic E-state index is 12.4. The summed E-state index contributed by atoms with van der Waals surface area (Å²) in [6, 6.07) is 11.3. The number of aromatic nitrogens is 1. The normalized spacial score (nSPS) is 19.0. The molecule has 0 N–H and O–H groups in total. The number of ether oxygens (including phenoxy) is 1. The lowest BCUT2D eigenvalue weighted by atomic mass is 10.2. The molecule has 1 unspecified atom stereocenters. The van der Waals surface area contributed by atoms with Crippen molar-refractivity contribution in [1.29, 1.82) is 0 Å². The molecule has 1 aromatic carbocycles. The molecule has 1 aliphatic rings. The molecule has 0 aliphatic carbocycles. The first-order chi connectivity index (χ1) is 10.1. The Labute approximate surface area is 124 Å². The lowest BCUT2D eigenvalue weighted by Gasteiger charge is -2.20. The van der Waals surface area contributed by atoms with Crippen LogP contribution >= 0.6 is 0 Å². The van der Waals surface area contributed by atoms with Crippen LogP contribution in [0.2, 0.25) is 0 Å². The number of hydrogen-bond acceptors (Lipinski definition) is 4. The predicted octanol–water partition coefficient (Wildman–Crippen LogP) is 2.18. The molecule has 0 radical (unpaired) electrons. The molecule has 1 atom stereocenters. The highest BCUT2D eigenvalue weighted by molar-refractivity contribution is 7.92. The summed E-state index contributed by atoms with van der Waals surface area (Å²) in [7, 11) is -1.88. The Morgan fingerprint density at radius 2 is 2.10 bits per heavy atom. The summed E-state index contributed by atoms with van der Waals surface area (Å²) in [6.45, 7) is 0.651. The van der Waals surface area contributed by atoms with E-state index >= 15 is 0 Å². The van der Waals surface area contributed by atoms with E-state index in [9.17, 15) is 8.42 Å². The first-order valence-corrected chi connectivity index (χ1v) is 8.61. The maximum atomic E-state index is 12.4. The third kappa shape index (κ3) is 3.01. The molecule has 21 heavy (non-hydrogen) atoms. The summed E-state index contributed by atoms with van der Waals surface area (Å²) in [6.07, 6.45) is 1.54. The number of pyridine rings is 1. The third-order valence-corrected chi connectivity index (χ3v) is 5.56. The second-order valence-electron chi connectivity index (χ2n) is 5.24. The van der Waals surface area contributed by atoms with Crippen molar-refractivity contribution in [2.45, 2.75) is 18.9 Å². The van der Waals surface area contributed by atoms with Gasteiger partial charge in [-0.15, -0.1) is 0 Å². The Hall–Kier alpha value is -1.66. The highest BCUT2D eigenvalue weighted by atomic mass is 32.2. The summed E-state index contributed by atoms with van der Waals surface area (Å²) in [5.41, 5.74) is 0.786. The summed E-state index contributed by atoms with van der Waals surface area (Å²) in [5.74, 6) is 0.449. The number of rotatable bonds is 4. The molecular weight excluding hydrogens is 288 g/mol. The van der Waals surface area contributed by atoms with Gasteiger partial charge in [-0.2, -0.15) is 0 Å². The van der Waals surface area contributed by atoms with Crippen LogP contribution in [-0.4, -0.2) is 38.9 Å². The second kappa shape index (κ2) is 5.61. The molecule has 1 saturated heterocycles. The van der Waals surface area contributed by atoms with E-state index in [2.05, 4.69) is 4.98 Å². The van der Waals surface area contributed by atoms with E-state index < -0.39 is 10.0 Å². The maximum Gasteiger partial charge on any atom is 0.238 e. The van der Waals surface area contributed by atoms with E-state index in [1.165, 1.54) is 4.31 Å². The molecular formula is C15H18N2O3S. The fraction of sp³-hybridized carbons (Fsp3) is 0.400. The zero-order valence-electron chi connectivity index (χ0n) is 11.9. The van der Waals surface area contributed by atoms with Crippen LogP contribution < -0.4 is 4.31 Å². The molecule has 3 rings (SSSR count). The average Bonchev–Trinajstić information content (AvgIpc) is 2.98. The Morgan fingerprint density at radius 3 is 2.86 bits per heavy atom. The van der Waals surface area contributed by atoms with Crippen LogP contribution in [0, 0.1) is 0 Å². The molecule has 1 fully saturated rings. The SMILES string of the molecule is CN(c1ccc2ccccc2n1)S(=O)(=O)CC1CCCO1. The van der Waals surface area contributed by atoms with Crippen LogP contribution in [0.15, 0.2) is 36.4 Å². The zero-order valence-corrected chi connectivity index (χ0v) is 12.7. The van der Waals surface area contributed by atoms with E-state index in [0.717, 1.165) is 23.7 Å². The van der Waals surface area contributed by atoms with Gasteiger partial charge < -0.3 is 4.74 Å². The van der Waals surface area contributed by atoms with Crippen molar-refractivity contribution in [2.24, 2.45) is 0 Å². The van der Waals surface area contributed by atoms with Crippen LogP contribution in [-0.2, 0) is 14.8 Å². The molecule has 0 spiro atoms. The zero-order chi connectivity index (χ0) is 14.9. The van der Waals surface area contributed by atoms with E-state index in [1.807, 2.05) is 30.3 Å². The van der Waals surface area contributed by atoms with Gasteiger partial charge >= 0.3 is 0 Å². The van der Waals surface area contributed by atoms with Gasteiger partial charge in [-0.25, -0.2) is 13.4 Å². The molecule has 0 saturated carbocycles. The van der Waals surface area contributed by atoms with Crippen LogP contribution in [0.1, 0.15) is 12.8 Å². The van der Waals surface area contributed by atoms with E-state index in [0.29, 0.717) is 12.4 Å². The predicted molar refractivity (Wildman–Crippen MR) is 82.9 cm³/mol. The number of hydrogen-bond donors (Lipinski definition) is 0. The van der Waals surface area contributed by atoms with Crippen molar-refractivity contribution in [3.63, 3.8) is 0 Å². The first-order valence-electron chi connectivity index (χ1n) is 7.00. The Morgan fingerprint density at radius 1 is 1.29 bits per heavy atom. The number of anilines is 1. The molecule has 112 valence electrons. The Bertz CT molecular complexity index is 739. The number of fused-ring (bicyclic) bond motifs is 1. The van der Waals surface area contributed by atoms with E-state index in [1.54, 1.807) is 13.1 Å². The van der Waals surface area contributed by atoms with Crippen LogP contribution in [0.3, 0.4) is 0 Å². The summed E-state index contributed by atoms with van der Waals surface area (Å²) < 4.78 is 31.5. The number of para-hydroxylation sites is 1. The van der Waals surface area contributed by atoms with Gasteiger partial charge in [-0.05, 0) is 31.0 Å². The number of nitrogens with zero attached hydrogens (tertiary/aromatic N) is 2. The highest BCUT2D eigenvalue weighted by Crippen LogP contribution is 2.21. The summed E-state index contributed by atoms with van der Waals surface area (Å²) in [5, 5.41) is 0.992. The van der Waals surface area contributed by atoms with Crippen molar-refractivity contribution < 1.29 is 13.2 Å². The molecule has 2 aromatic rings. The third-order valence-electron chi connectivity index (χ3n) is 3.74. The molecule has 6 heteroatoms. The van der Waals surface area contributed by atoms with Crippen molar-refractivity contribution in [3.8, 4) is 0 Å². The fourth-order valence-corrected chi connectivity index (χ4v) is 3.84. The minimum atomic E-state index is -3.42. The lowest BCUT2D eigenvalue weighted by Crippen LogP contribution is -2.34. The van der Waals surface area contributed by atoms with Crippen LogP contribution in [0.4, 0.5) is 5.82 Å². The Kier molecular flexibility index (Phi) is 3.82. The fourth-order valence-electron chi connectivity index (χ4n) is 2.50. The van der Waals surface area contributed by atoms with Crippen LogP contribution in [0.5, 0.6) is 0 Å². The quantitative estimate of drug-likeness (QED) is 0.868. The van der Waals surface area contributed by atoms with E-state index in [-0.39, 0.29) is 11.9 Å². The first kappa shape index (κ1) is 14.3. The van der Waals surface area contributed by atoms with Gasteiger partial charge in [0.2, 0.25) is 10.0 Å². The van der Waals surface area contributed by atoms with Crippen molar-refractivity contribution in [3.05, 3.63) is 36.4 Å². The smallest absolute Gasteiger partial charge is 0.238 e. The lowest BCUT2D eigenvalue weighted by molar-refractivity contribution is 0.127. The molecule has 2 heterocycles. The van der Waals surface area contributed by atoms with Gasteiger partial charge in [0.25, 0.3) is 0 Å². The molecule has 1 aliphatic heterocycles. The summed E-state index contributed by atoms with van der Waals surface area (Å²) in [4.78, 5) is 4.42. The van der Waals surface area contributed by atoms with Gasteiger partial charge in [-0.1, -0.05) is 18.2 Å². The van der Waals surface area contributed by atoms with Gasteiger partial charge in [0, 0.05) is 19.0 Å². The topological polar surface area (TPSA) is 59.5 Å². The van der Waals surface area contributed by atoms with E-state index in [4.69, 9.17) is 4.74 Å². The standard InChI is InChI=1S/C15H18N2O3S/c1-17(21(18,19)11-13-6-4-10-20-13)15-9-8-12-5-2-3-7-14(12)16-15/h2-3,5,7-9,13H,4,6,10-11H2,1H3. The largest absolute Gasteiger partial charge is 0.377 e. The number of sulfonamides is 1. The van der Waals surface area contributed by atoms with Gasteiger partial charge in [0.05, 0.1) is 17.4 Å². The molecule has 0 amide bonds. The van der Waals surface area contributed by atoms with Crippen molar-refractivity contribution in [2.75, 3.05) is 23.7 Å². The summed E-state index contributed by atoms with van der Waals surface area (Å²) >= 11 is 0. The minimum absolute atomic E-state index is 0.0119. The molecule has 5 nitrogen and oxygen atoms in total. The Balaban J connectivity index is 1.86. The van der Waals surface area contributed by atoms with Gasteiger partial charge in [-0.3, -0.25) is 4.31 Å². The van der Waals surface area contributed by atoms with Gasteiger partial charge in [0.15, 0.2) is 0 Å². The monoisotopic (exact) mass is 306 g/mol. The number of benzene rings is 1. The van der Waals surface area contributed by atoms with Crippen molar-refractivity contribution in [1.82, 2.24) is 4.98 Å².